The second-order valence-corrected chi connectivity index (χ2v) is 9.32. The van der Waals surface area contributed by atoms with Crippen LogP contribution >= 0.6 is 0 Å². The summed E-state index contributed by atoms with van der Waals surface area (Å²) in [5.41, 5.74) is 12.2. The Balaban J connectivity index is 1.79. The number of aromatic nitrogens is 2. The smallest absolute Gasteiger partial charge is 0.0558 e. The van der Waals surface area contributed by atoms with Crippen molar-refractivity contribution in [3.63, 3.8) is 0 Å². The van der Waals surface area contributed by atoms with Crippen LogP contribution in [0, 0.1) is 13.8 Å². The van der Waals surface area contributed by atoms with Gasteiger partial charge in [-0.3, -0.25) is 0 Å². The molecule has 7 rings (SSSR count). The van der Waals surface area contributed by atoms with Gasteiger partial charge in [-0.2, -0.15) is 0 Å². The van der Waals surface area contributed by atoms with Crippen LogP contribution in [0.2, 0.25) is 0 Å². The minimum absolute atomic E-state index is 1.16. The number of hydrogen-bond donors (Lipinski definition) is 2. The largest absolute Gasteiger partial charge is 0.354 e. The van der Waals surface area contributed by atoms with E-state index in [9.17, 15) is 0 Å². The summed E-state index contributed by atoms with van der Waals surface area (Å²) in [4.78, 5) is 7.63. The van der Waals surface area contributed by atoms with Crippen molar-refractivity contribution in [2.24, 2.45) is 0 Å². The lowest BCUT2D eigenvalue weighted by molar-refractivity contribution is 1.46. The number of hydrogen-bond acceptors (Lipinski definition) is 0. The highest BCUT2D eigenvalue weighted by Gasteiger charge is 2.23. The van der Waals surface area contributed by atoms with Gasteiger partial charge >= 0.3 is 0 Å². The molecule has 0 saturated carbocycles. The van der Waals surface area contributed by atoms with E-state index >= 15 is 0 Å². The van der Waals surface area contributed by atoms with Crippen LogP contribution in [0.4, 0.5) is 0 Å². The molecule has 2 nitrogen and oxygen atoms in total. The van der Waals surface area contributed by atoms with E-state index in [1.54, 1.807) is 0 Å². The fourth-order valence-corrected chi connectivity index (χ4v) is 5.45. The van der Waals surface area contributed by atoms with Gasteiger partial charge in [0.25, 0.3) is 0 Å². The highest BCUT2D eigenvalue weighted by molar-refractivity contribution is 6.31. The maximum atomic E-state index is 3.81. The highest BCUT2D eigenvalue weighted by atomic mass is 14.7. The molecule has 0 fully saturated rings. The zero-order chi connectivity index (χ0) is 22.8. The molecule has 7 aromatic rings. The SMILES string of the molecule is Cc1ccc(-c2c3[nH]c4ccccc4c3c(-c3ccc(C)cc3)c3[nH]c4ccccc4c23)cc1. The fourth-order valence-electron chi connectivity index (χ4n) is 5.45. The number of rotatable bonds is 2. The van der Waals surface area contributed by atoms with E-state index in [2.05, 4.69) is 121 Å². The van der Waals surface area contributed by atoms with E-state index in [1.807, 2.05) is 0 Å². The molecule has 0 spiro atoms. The number of aromatic amines is 2. The molecule has 0 bridgehead atoms. The second kappa shape index (κ2) is 7.10. The van der Waals surface area contributed by atoms with Gasteiger partial charge in [0.05, 0.1) is 11.0 Å². The molecule has 2 heterocycles. The molecule has 162 valence electrons. The van der Waals surface area contributed by atoms with Crippen molar-refractivity contribution >= 4 is 43.6 Å². The van der Waals surface area contributed by atoms with Crippen LogP contribution in [-0.2, 0) is 0 Å². The molecule has 0 saturated heterocycles. The Kier molecular flexibility index (Phi) is 4.01. The summed E-state index contributed by atoms with van der Waals surface area (Å²) in [6.45, 7) is 4.29. The van der Waals surface area contributed by atoms with Crippen molar-refractivity contribution < 1.29 is 0 Å². The van der Waals surface area contributed by atoms with Gasteiger partial charge in [-0.1, -0.05) is 96.1 Å². The Morgan fingerprint density at radius 1 is 0.441 bits per heavy atom. The molecule has 0 aliphatic carbocycles. The summed E-state index contributed by atoms with van der Waals surface area (Å²) in [6.07, 6.45) is 0. The predicted molar refractivity (Wildman–Crippen MR) is 146 cm³/mol. The summed E-state index contributed by atoms with van der Waals surface area (Å²) >= 11 is 0. The molecular formula is C32H24N2. The average Bonchev–Trinajstić information content (AvgIpc) is 3.43. The summed E-state index contributed by atoms with van der Waals surface area (Å²) in [7, 11) is 0. The Hall–Kier alpha value is -4.30. The van der Waals surface area contributed by atoms with Crippen LogP contribution in [0.1, 0.15) is 11.1 Å². The monoisotopic (exact) mass is 436 g/mol. The molecule has 0 atom stereocenters. The van der Waals surface area contributed by atoms with E-state index in [0.29, 0.717) is 0 Å². The van der Waals surface area contributed by atoms with Crippen molar-refractivity contribution in [3.8, 4) is 22.3 Å². The van der Waals surface area contributed by atoms with Gasteiger partial charge in [0.15, 0.2) is 0 Å². The predicted octanol–water partition coefficient (Wildman–Crippen LogP) is 8.91. The first kappa shape index (κ1) is 19.2. The third kappa shape index (κ3) is 2.69. The third-order valence-electron chi connectivity index (χ3n) is 7.09. The molecule has 34 heavy (non-hydrogen) atoms. The summed E-state index contributed by atoms with van der Waals surface area (Å²) in [5, 5.41) is 5.05. The van der Waals surface area contributed by atoms with E-state index in [1.165, 1.54) is 66.0 Å². The number of para-hydroxylation sites is 2. The molecule has 0 aliphatic heterocycles. The Labute approximate surface area is 197 Å². The normalized spacial score (nSPS) is 11.8. The lowest BCUT2D eigenvalue weighted by atomic mass is 9.89. The topological polar surface area (TPSA) is 31.6 Å². The fraction of sp³-hybridized carbons (Fsp3) is 0.0625. The maximum absolute atomic E-state index is 3.81. The lowest BCUT2D eigenvalue weighted by Gasteiger charge is -2.14. The molecule has 0 unspecified atom stereocenters. The average molecular weight is 437 g/mol. The summed E-state index contributed by atoms with van der Waals surface area (Å²) in [5.74, 6) is 0. The third-order valence-corrected chi connectivity index (χ3v) is 7.09. The van der Waals surface area contributed by atoms with Crippen LogP contribution in [-0.4, -0.2) is 9.97 Å². The minimum atomic E-state index is 1.16. The van der Waals surface area contributed by atoms with Gasteiger partial charge in [0.1, 0.15) is 0 Å². The van der Waals surface area contributed by atoms with Gasteiger partial charge in [0, 0.05) is 43.7 Å². The quantitative estimate of drug-likeness (QED) is 0.271. The van der Waals surface area contributed by atoms with Crippen LogP contribution in [0.25, 0.3) is 65.9 Å². The van der Waals surface area contributed by atoms with Crippen molar-refractivity contribution in [1.82, 2.24) is 9.97 Å². The van der Waals surface area contributed by atoms with Crippen LogP contribution in [0.15, 0.2) is 97.1 Å². The first-order valence-corrected chi connectivity index (χ1v) is 11.8. The van der Waals surface area contributed by atoms with Crippen molar-refractivity contribution in [1.29, 1.82) is 0 Å². The van der Waals surface area contributed by atoms with Crippen molar-refractivity contribution in [2.45, 2.75) is 13.8 Å². The van der Waals surface area contributed by atoms with E-state index in [4.69, 9.17) is 0 Å². The van der Waals surface area contributed by atoms with Crippen LogP contribution in [0.3, 0.4) is 0 Å². The summed E-state index contributed by atoms with van der Waals surface area (Å²) in [6, 6.07) is 35.2. The zero-order valence-corrected chi connectivity index (χ0v) is 19.2. The van der Waals surface area contributed by atoms with Crippen molar-refractivity contribution in [2.75, 3.05) is 0 Å². The standard InChI is InChI=1S/C32H24N2/c1-19-11-15-21(16-12-19)27-29-23-7-3-5-9-25(23)34-32(29)28(22-17-13-20(2)14-18-22)30-24-8-4-6-10-26(24)33-31(27)30/h3-18,33-34H,1-2H3. The molecule has 2 heteroatoms. The molecule has 2 N–H and O–H groups in total. The maximum Gasteiger partial charge on any atom is 0.0558 e. The number of nitrogens with one attached hydrogen (secondary N) is 2. The van der Waals surface area contributed by atoms with Crippen LogP contribution < -0.4 is 0 Å². The number of aryl methyl sites for hydroxylation is 2. The van der Waals surface area contributed by atoms with Gasteiger partial charge in [-0.15, -0.1) is 0 Å². The number of H-pyrrole nitrogens is 2. The molecule has 0 amide bonds. The first-order valence-electron chi connectivity index (χ1n) is 11.8. The highest BCUT2D eigenvalue weighted by Crippen LogP contribution is 2.48. The van der Waals surface area contributed by atoms with Gasteiger partial charge in [-0.25, -0.2) is 0 Å². The lowest BCUT2D eigenvalue weighted by Crippen LogP contribution is -1.89. The molecule has 5 aromatic carbocycles. The second-order valence-electron chi connectivity index (χ2n) is 9.32. The van der Waals surface area contributed by atoms with Gasteiger partial charge in [-0.05, 0) is 37.1 Å². The Morgan fingerprint density at radius 2 is 0.824 bits per heavy atom. The number of fused-ring (bicyclic) bond motifs is 6. The van der Waals surface area contributed by atoms with Gasteiger partial charge in [0.2, 0.25) is 0 Å². The van der Waals surface area contributed by atoms with E-state index in [0.717, 1.165) is 11.0 Å². The first-order chi connectivity index (χ1) is 16.7. The summed E-state index contributed by atoms with van der Waals surface area (Å²) < 4.78 is 0. The molecular weight excluding hydrogens is 412 g/mol. The van der Waals surface area contributed by atoms with E-state index < -0.39 is 0 Å². The zero-order valence-electron chi connectivity index (χ0n) is 19.2. The van der Waals surface area contributed by atoms with Crippen LogP contribution in [0.5, 0.6) is 0 Å². The minimum Gasteiger partial charge on any atom is -0.354 e. The number of benzene rings is 5. The Bertz CT molecular complexity index is 1710. The van der Waals surface area contributed by atoms with Crippen molar-refractivity contribution in [3.05, 3.63) is 108 Å². The van der Waals surface area contributed by atoms with Gasteiger partial charge < -0.3 is 9.97 Å². The molecule has 0 radical (unpaired) electrons. The molecule has 0 aliphatic rings. The molecule has 2 aromatic heterocycles. The Morgan fingerprint density at radius 3 is 1.24 bits per heavy atom. The van der Waals surface area contributed by atoms with E-state index in [-0.39, 0.29) is 0 Å².